The third-order valence-electron chi connectivity index (χ3n) is 3.07. The molecule has 1 aromatic rings. The summed E-state index contributed by atoms with van der Waals surface area (Å²) in [6.07, 6.45) is 2.18. The standard InChI is InChI=1S/C14H20ClNO4/c1-19-11-8-7-9(14(20-2)13(11)15)10(16)5-3-4-6-12(17)18/h7-8,10H,3-6,16H2,1-2H3,(H,17,18). The molecule has 5 nitrogen and oxygen atoms in total. The van der Waals surface area contributed by atoms with E-state index >= 15 is 0 Å². The summed E-state index contributed by atoms with van der Waals surface area (Å²) in [6.45, 7) is 0. The van der Waals surface area contributed by atoms with Gasteiger partial charge >= 0.3 is 5.97 Å². The summed E-state index contributed by atoms with van der Waals surface area (Å²) >= 11 is 6.18. The van der Waals surface area contributed by atoms with E-state index in [4.69, 9.17) is 31.9 Å². The summed E-state index contributed by atoms with van der Waals surface area (Å²) in [5, 5.41) is 8.99. The fraction of sp³-hybridized carbons (Fsp3) is 0.500. The minimum atomic E-state index is -0.788. The molecule has 0 aliphatic heterocycles. The molecular formula is C14H20ClNO4. The van der Waals surface area contributed by atoms with Crippen molar-refractivity contribution < 1.29 is 19.4 Å². The van der Waals surface area contributed by atoms with E-state index < -0.39 is 5.97 Å². The molecule has 0 aliphatic carbocycles. The predicted molar refractivity (Wildman–Crippen MR) is 77.6 cm³/mol. The number of ether oxygens (including phenoxy) is 2. The van der Waals surface area contributed by atoms with Crippen LogP contribution >= 0.6 is 11.6 Å². The number of aliphatic carboxylic acids is 1. The monoisotopic (exact) mass is 301 g/mol. The number of rotatable bonds is 8. The number of unbranched alkanes of at least 4 members (excludes halogenated alkanes) is 1. The minimum absolute atomic E-state index is 0.160. The van der Waals surface area contributed by atoms with Crippen LogP contribution in [0.2, 0.25) is 5.02 Å². The maximum Gasteiger partial charge on any atom is 0.303 e. The lowest BCUT2D eigenvalue weighted by molar-refractivity contribution is -0.137. The van der Waals surface area contributed by atoms with Gasteiger partial charge in [0.05, 0.1) is 14.2 Å². The maximum absolute atomic E-state index is 10.4. The lowest BCUT2D eigenvalue weighted by atomic mass is 10.00. The zero-order chi connectivity index (χ0) is 15.1. The quantitative estimate of drug-likeness (QED) is 0.721. The van der Waals surface area contributed by atoms with Gasteiger partial charge in [-0.2, -0.15) is 0 Å². The maximum atomic E-state index is 10.4. The van der Waals surface area contributed by atoms with Crippen molar-refractivity contribution in [1.82, 2.24) is 0 Å². The molecule has 0 saturated heterocycles. The van der Waals surface area contributed by atoms with Crippen LogP contribution in [0.4, 0.5) is 0 Å². The fourth-order valence-corrected chi connectivity index (χ4v) is 2.33. The van der Waals surface area contributed by atoms with Crippen LogP contribution < -0.4 is 15.2 Å². The Morgan fingerprint density at radius 1 is 1.35 bits per heavy atom. The van der Waals surface area contributed by atoms with Crippen LogP contribution in [0.3, 0.4) is 0 Å². The van der Waals surface area contributed by atoms with E-state index in [0.717, 1.165) is 12.0 Å². The second-order valence-electron chi connectivity index (χ2n) is 4.45. The van der Waals surface area contributed by atoms with Gasteiger partial charge in [-0.1, -0.05) is 18.0 Å². The second-order valence-corrected chi connectivity index (χ2v) is 4.83. The van der Waals surface area contributed by atoms with Gasteiger partial charge in [0.1, 0.15) is 16.5 Å². The molecule has 112 valence electrons. The van der Waals surface area contributed by atoms with E-state index in [2.05, 4.69) is 0 Å². The average Bonchev–Trinajstić information content (AvgIpc) is 2.42. The molecule has 0 amide bonds. The van der Waals surface area contributed by atoms with Crippen molar-refractivity contribution in [2.24, 2.45) is 5.73 Å². The normalized spacial score (nSPS) is 12.0. The Kier molecular flexibility index (Phi) is 6.61. The van der Waals surface area contributed by atoms with Gasteiger partial charge in [-0.05, 0) is 25.0 Å². The zero-order valence-corrected chi connectivity index (χ0v) is 12.4. The van der Waals surface area contributed by atoms with Gasteiger partial charge in [-0.3, -0.25) is 4.79 Å². The van der Waals surface area contributed by atoms with Crippen molar-refractivity contribution in [2.75, 3.05) is 14.2 Å². The first-order chi connectivity index (χ1) is 9.51. The van der Waals surface area contributed by atoms with Gasteiger partial charge in [0, 0.05) is 18.0 Å². The van der Waals surface area contributed by atoms with Gasteiger partial charge in [0.2, 0.25) is 0 Å². The topological polar surface area (TPSA) is 81.8 Å². The highest BCUT2D eigenvalue weighted by atomic mass is 35.5. The van der Waals surface area contributed by atoms with E-state index in [1.807, 2.05) is 6.07 Å². The largest absolute Gasteiger partial charge is 0.495 e. The molecule has 0 aromatic heterocycles. The first kappa shape index (κ1) is 16.6. The fourth-order valence-electron chi connectivity index (χ4n) is 2.01. The molecule has 0 heterocycles. The van der Waals surface area contributed by atoms with Crippen LogP contribution in [0, 0.1) is 0 Å². The van der Waals surface area contributed by atoms with Crippen molar-refractivity contribution in [3.05, 3.63) is 22.7 Å². The van der Waals surface area contributed by atoms with Gasteiger partial charge in [0.25, 0.3) is 0 Å². The molecule has 6 heteroatoms. The zero-order valence-electron chi connectivity index (χ0n) is 11.7. The van der Waals surface area contributed by atoms with Crippen molar-refractivity contribution in [3.8, 4) is 11.5 Å². The van der Waals surface area contributed by atoms with Crippen LogP contribution in [0.25, 0.3) is 0 Å². The summed E-state index contributed by atoms with van der Waals surface area (Å²) in [5.74, 6) is 0.255. The van der Waals surface area contributed by atoms with Gasteiger partial charge < -0.3 is 20.3 Å². The SMILES string of the molecule is COc1ccc(C(N)CCCCC(=O)O)c(OC)c1Cl. The van der Waals surface area contributed by atoms with Gasteiger partial charge in [-0.15, -0.1) is 0 Å². The van der Waals surface area contributed by atoms with Crippen LogP contribution in [-0.4, -0.2) is 25.3 Å². The van der Waals surface area contributed by atoms with Gasteiger partial charge in [-0.25, -0.2) is 0 Å². The first-order valence-corrected chi connectivity index (χ1v) is 6.76. The third kappa shape index (κ3) is 4.28. The van der Waals surface area contributed by atoms with Crippen LogP contribution in [0.15, 0.2) is 12.1 Å². The van der Waals surface area contributed by atoms with Crippen LogP contribution in [0.1, 0.15) is 37.3 Å². The molecule has 0 spiro atoms. The molecular weight excluding hydrogens is 282 g/mol. The van der Waals surface area contributed by atoms with Crippen molar-refractivity contribution >= 4 is 17.6 Å². The molecule has 1 aromatic carbocycles. The number of benzene rings is 1. The molecule has 0 fully saturated rings. The summed E-state index contributed by atoms with van der Waals surface area (Å²) < 4.78 is 10.4. The molecule has 0 radical (unpaired) electrons. The molecule has 1 unspecified atom stereocenters. The number of carboxylic acid groups (broad SMARTS) is 1. The molecule has 3 N–H and O–H groups in total. The van der Waals surface area contributed by atoms with E-state index in [-0.39, 0.29) is 12.5 Å². The van der Waals surface area contributed by atoms with Crippen LogP contribution in [0.5, 0.6) is 11.5 Å². The number of halogens is 1. The predicted octanol–water partition coefficient (Wildman–Crippen LogP) is 3.00. The summed E-state index contributed by atoms with van der Waals surface area (Å²) in [4.78, 5) is 10.4. The Balaban J connectivity index is 2.74. The second kappa shape index (κ2) is 7.97. The number of carboxylic acids is 1. The Morgan fingerprint density at radius 2 is 2.05 bits per heavy atom. The Hall–Kier alpha value is -1.46. The molecule has 1 rings (SSSR count). The number of hydrogen-bond acceptors (Lipinski definition) is 4. The summed E-state index contributed by atoms with van der Waals surface area (Å²) in [5.41, 5.74) is 6.92. The third-order valence-corrected chi connectivity index (χ3v) is 3.43. The summed E-state index contributed by atoms with van der Waals surface area (Å²) in [7, 11) is 3.06. The van der Waals surface area contributed by atoms with E-state index in [1.165, 1.54) is 14.2 Å². The molecule has 0 bridgehead atoms. The van der Waals surface area contributed by atoms with Crippen molar-refractivity contribution in [2.45, 2.75) is 31.7 Å². The Labute approximate surface area is 123 Å². The lowest BCUT2D eigenvalue weighted by Crippen LogP contribution is -2.12. The van der Waals surface area contributed by atoms with E-state index in [9.17, 15) is 4.79 Å². The average molecular weight is 302 g/mol. The molecule has 0 aliphatic rings. The summed E-state index contributed by atoms with van der Waals surface area (Å²) in [6, 6.07) is 3.32. The lowest BCUT2D eigenvalue weighted by Gasteiger charge is -2.18. The molecule has 0 saturated carbocycles. The van der Waals surface area contributed by atoms with E-state index in [1.54, 1.807) is 6.07 Å². The highest BCUT2D eigenvalue weighted by Gasteiger charge is 2.17. The first-order valence-electron chi connectivity index (χ1n) is 6.39. The Bertz CT molecular complexity index is 465. The number of methoxy groups -OCH3 is 2. The highest BCUT2D eigenvalue weighted by Crippen LogP contribution is 2.39. The number of hydrogen-bond donors (Lipinski definition) is 2. The Morgan fingerprint density at radius 3 is 2.60 bits per heavy atom. The molecule has 20 heavy (non-hydrogen) atoms. The highest BCUT2D eigenvalue weighted by molar-refractivity contribution is 6.33. The number of carbonyl (C=O) groups is 1. The van der Waals surface area contributed by atoms with Crippen molar-refractivity contribution in [3.63, 3.8) is 0 Å². The minimum Gasteiger partial charge on any atom is -0.495 e. The van der Waals surface area contributed by atoms with E-state index in [0.29, 0.717) is 29.4 Å². The van der Waals surface area contributed by atoms with Crippen molar-refractivity contribution in [1.29, 1.82) is 0 Å². The van der Waals surface area contributed by atoms with Crippen LogP contribution in [-0.2, 0) is 4.79 Å². The molecule has 1 atom stereocenters. The smallest absolute Gasteiger partial charge is 0.303 e. The van der Waals surface area contributed by atoms with Gasteiger partial charge in [0.15, 0.2) is 0 Å². The number of nitrogens with two attached hydrogens (primary N) is 1.